The summed E-state index contributed by atoms with van der Waals surface area (Å²) < 4.78 is 5.39. The summed E-state index contributed by atoms with van der Waals surface area (Å²) in [4.78, 5) is 0. The summed E-state index contributed by atoms with van der Waals surface area (Å²) in [6, 6.07) is 4.29. The monoisotopic (exact) mass is 219 g/mol. The summed E-state index contributed by atoms with van der Waals surface area (Å²) in [5, 5.41) is 0. The van der Waals surface area contributed by atoms with Crippen molar-refractivity contribution in [2.24, 2.45) is 11.7 Å². The van der Waals surface area contributed by atoms with Crippen molar-refractivity contribution in [3.05, 3.63) is 28.8 Å². The van der Waals surface area contributed by atoms with E-state index in [2.05, 4.69) is 32.9 Å². The maximum absolute atomic E-state index is 5.92. The van der Waals surface area contributed by atoms with Gasteiger partial charge >= 0.3 is 0 Å². The van der Waals surface area contributed by atoms with Crippen molar-refractivity contribution in [1.82, 2.24) is 0 Å². The smallest absolute Gasteiger partial charge is 0.122 e. The lowest BCUT2D eigenvalue weighted by atomic mass is 9.89. The average Bonchev–Trinajstić information content (AvgIpc) is 2.54. The van der Waals surface area contributed by atoms with Crippen molar-refractivity contribution in [1.29, 1.82) is 0 Å². The number of nitrogens with two attached hydrogens (primary N) is 1. The lowest BCUT2D eigenvalue weighted by Crippen LogP contribution is -2.17. The SMILES string of the molecule is COc1ccc2c(c1C)C(CN)C(C)C2C. The molecule has 0 radical (unpaired) electrons. The third-order valence-electron chi connectivity index (χ3n) is 4.26. The standard InChI is InChI=1S/C14H21NO/c1-8-9(2)12(7-15)14-10(3)13(16-4)6-5-11(8)14/h5-6,8-9,12H,7,15H2,1-4H3. The zero-order valence-corrected chi connectivity index (χ0v) is 10.6. The van der Waals surface area contributed by atoms with E-state index in [4.69, 9.17) is 10.5 Å². The number of methoxy groups -OCH3 is 1. The van der Waals surface area contributed by atoms with Crippen LogP contribution in [0.25, 0.3) is 0 Å². The Hall–Kier alpha value is -1.02. The quantitative estimate of drug-likeness (QED) is 0.830. The first-order valence-corrected chi connectivity index (χ1v) is 5.99. The Labute approximate surface area is 97.8 Å². The van der Waals surface area contributed by atoms with Crippen LogP contribution in [0.3, 0.4) is 0 Å². The van der Waals surface area contributed by atoms with Crippen molar-refractivity contribution in [2.45, 2.75) is 32.6 Å². The molecular weight excluding hydrogens is 198 g/mol. The van der Waals surface area contributed by atoms with Crippen LogP contribution in [0.5, 0.6) is 5.75 Å². The van der Waals surface area contributed by atoms with E-state index < -0.39 is 0 Å². The minimum atomic E-state index is 0.486. The molecule has 0 amide bonds. The Morgan fingerprint density at radius 3 is 2.56 bits per heavy atom. The molecule has 0 aliphatic heterocycles. The van der Waals surface area contributed by atoms with Gasteiger partial charge in [-0.3, -0.25) is 0 Å². The number of rotatable bonds is 2. The number of ether oxygens (including phenoxy) is 1. The fraction of sp³-hybridized carbons (Fsp3) is 0.571. The van der Waals surface area contributed by atoms with E-state index in [0.29, 0.717) is 17.8 Å². The molecule has 0 saturated carbocycles. The Morgan fingerprint density at radius 2 is 2.00 bits per heavy atom. The second-order valence-corrected chi connectivity index (χ2v) is 4.89. The van der Waals surface area contributed by atoms with Crippen LogP contribution in [0.15, 0.2) is 12.1 Å². The fourth-order valence-corrected chi connectivity index (χ4v) is 3.07. The summed E-state index contributed by atoms with van der Waals surface area (Å²) in [6.45, 7) is 7.47. The number of benzene rings is 1. The lowest BCUT2D eigenvalue weighted by Gasteiger charge is -2.18. The lowest BCUT2D eigenvalue weighted by molar-refractivity contribution is 0.409. The first-order valence-electron chi connectivity index (χ1n) is 5.99. The molecule has 0 bridgehead atoms. The molecule has 0 saturated heterocycles. The molecule has 0 fully saturated rings. The predicted octanol–water partition coefficient (Wildman–Crippen LogP) is 2.80. The molecule has 3 unspecified atom stereocenters. The molecule has 1 aliphatic rings. The Bertz CT molecular complexity index is 400. The zero-order chi connectivity index (χ0) is 11.9. The van der Waals surface area contributed by atoms with Gasteiger partial charge in [0.05, 0.1) is 7.11 Å². The molecule has 0 heterocycles. The van der Waals surface area contributed by atoms with Gasteiger partial charge in [0, 0.05) is 0 Å². The van der Waals surface area contributed by atoms with E-state index in [1.165, 1.54) is 16.7 Å². The van der Waals surface area contributed by atoms with Crippen molar-refractivity contribution in [3.63, 3.8) is 0 Å². The highest BCUT2D eigenvalue weighted by Crippen LogP contribution is 2.48. The summed E-state index contributed by atoms with van der Waals surface area (Å²) in [7, 11) is 1.73. The third-order valence-corrected chi connectivity index (χ3v) is 4.26. The van der Waals surface area contributed by atoms with Gasteiger partial charge in [-0.25, -0.2) is 0 Å². The van der Waals surface area contributed by atoms with Gasteiger partial charge in [-0.05, 0) is 54.0 Å². The van der Waals surface area contributed by atoms with E-state index in [1.807, 2.05) is 0 Å². The second-order valence-electron chi connectivity index (χ2n) is 4.89. The third kappa shape index (κ3) is 1.44. The fourth-order valence-electron chi connectivity index (χ4n) is 3.07. The topological polar surface area (TPSA) is 35.2 Å². The first kappa shape index (κ1) is 11.5. The van der Waals surface area contributed by atoms with Gasteiger partial charge in [-0.15, -0.1) is 0 Å². The predicted molar refractivity (Wildman–Crippen MR) is 67.1 cm³/mol. The van der Waals surface area contributed by atoms with Crippen LogP contribution in [0.4, 0.5) is 0 Å². The van der Waals surface area contributed by atoms with E-state index in [9.17, 15) is 0 Å². The van der Waals surface area contributed by atoms with Gasteiger partial charge in [0.1, 0.15) is 5.75 Å². The number of fused-ring (bicyclic) bond motifs is 1. The largest absolute Gasteiger partial charge is 0.496 e. The highest BCUT2D eigenvalue weighted by Gasteiger charge is 2.36. The van der Waals surface area contributed by atoms with Crippen molar-refractivity contribution in [2.75, 3.05) is 13.7 Å². The number of hydrogen-bond donors (Lipinski definition) is 1. The highest BCUT2D eigenvalue weighted by molar-refractivity contribution is 5.51. The van der Waals surface area contributed by atoms with E-state index >= 15 is 0 Å². The van der Waals surface area contributed by atoms with Crippen LogP contribution in [0.2, 0.25) is 0 Å². The molecule has 88 valence electrons. The van der Waals surface area contributed by atoms with Gasteiger partial charge < -0.3 is 10.5 Å². The van der Waals surface area contributed by atoms with E-state index in [0.717, 1.165) is 12.3 Å². The molecule has 1 aromatic carbocycles. The van der Waals surface area contributed by atoms with Gasteiger partial charge in [0.25, 0.3) is 0 Å². The molecule has 1 aromatic rings. The summed E-state index contributed by atoms with van der Waals surface area (Å²) in [5.41, 5.74) is 10.1. The second kappa shape index (κ2) is 4.10. The summed E-state index contributed by atoms with van der Waals surface area (Å²) in [5.74, 6) is 2.71. The van der Waals surface area contributed by atoms with E-state index in [-0.39, 0.29) is 0 Å². The van der Waals surface area contributed by atoms with Crippen molar-refractivity contribution >= 4 is 0 Å². The van der Waals surface area contributed by atoms with Gasteiger partial charge in [0.2, 0.25) is 0 Å². The maximum Gasteiger partial charge on any atom is 0.122 e. The molecular formula is C14H21NO. The molecule has 1 aliphatic carbocycles. The molecule has 2 heteroatoms. The van der Waals surface area contributed by atoms with Crippen LogP contribution in [0, 0.1) is 12.8 Å². The van der Waals surface area contributed by atoms with Gasteiger partial charge in [0.15, 0.2) is 0 Å². The first-order chi connectivity index (χ1) is 7.61. The molecule has 3 atom stereocenters. The van der Waals surface area contributed by atoms with Crippen LogP contribution in [0.1, 0.15) is 42.4 Å². The molecule has 16 heavy (non-hydrogen) atoms. The van der Waals surface area contributed by atoms with Crippen molar-refractivity contribution in [3.8, 4) is 5.75 Å². The summed E-state index contributed by atoms with van der Waals surface area (Å²) >= 11 is 0. The van der Waals surface area contributed by atoms with Crippen LogP contribution in [-0.2, 0) is 0 Å². The minimum absolute atomic E-state index is 0.486. The Morgan fingerprint density at radius 1 is 1.31 bits per heavy atom. The highest BCUT2D eigenvalue weighted by atomic mass is 16.5. The molecule has 2 N–H and O–H groups in total. The van der Waals surface area contributed by atoms with Crippen molar-refractivity contribution < 1.29 is 4.74 Å². The Kier molecular flexibility index (Phi) is 2.94. The molecule has 0 aromatic heterocycles. The molecule has 0 spiro atoms. The van der Waals surface area contributed by atoms with Crippen LogP contribution >= 0.6 is 0 Å². The van der Waals surface area contributed by atoms with E-state index in [1.54, 1.807) is 7.11 Å². The van der Waals surface area contributed by atoms with Crippen LogP contribution < -0.4 is 10.5 Å². The van der Waals surface area contributed by atoms with Gasteiger partial charge in [-0.2, -0.15) is 0 Å². The summed E-state index contributed by atoms with van der Waals surface area (Å²) in [6.07, 6.45) is 0. The minimum Gasteiger partial charge on any atom is -0.496 e. The van der Waals surface area contributed by atoms with Crippen LogP contribution in [-0.4, -0.2) is 13.7 Å². The molecule has 2 nitrogen and oxygen atoms in total. The normalized spacial score (nSPS) is 27.9. The molecule has 2 rings (SSSR count). The number of hydrogen-bond acceptors (Lipinski definition) is 2. The van der Waals surface area contributed by atoms with Gasteiger partial charge in [-0.1, -0.05) is 19.9 Å². The maximum atomic E-state index is 5.92. The average molecular weight is 219 g/mol. The zero-order valence-electron chi connectivity index (χ0n) is 10.6. The Balaban J connectivity index is 2.58.